The molecule has 0 unspecified atom stereocenters. The lowest BCUT2D eigenvalue weighted by molar-refractivity contribution is 0.532. The molecule has 0 atom stereocenters. The largest absolute Gasteiger partial charge is 0.339 e. The molecule has 0 amide bonds. The SMILES string of the molecule is CCCCCCCCCn1c(=O)[nH]c2nc[nH]c2c1=O. The minimum Gasteiger partial charge on any atom is -0.339 e. The average molecular weight is 278 g/mol. The highest BCUT2D eigenvalue weighted by Gasteiger charge is 2.08. The van der Waals surface area contributed by atoms with Crippen molar-refractivity contribution in [1.82, 2.24) is 19.5 Å². The molecule has 2 aromatic rings. The van der Waals surface area contributed by atoms with Gasteiger partial charge in [0.1, 0.15) is 5.52 Å². The summed E-state index contributed by atoms with van der Waals surface area (Å²) in [4.78, 5) is 33.2. The van der Waals surface area contributed by atoms with Gasteiger partial charge in [-0.05, 0) is 6.42 Å². The number of unbranched alkanes of at least 4 members (excludes halogenated alkanes) is 6. The molecule has 0 aliphatic rings. The Kier molecular flexibility index (Phi) is 5.15. The first-order valence-corrected chi connectivity index (χ1v) is 7.40. The Morgan fingerprint density at radius 1 is 1.10 bits per heavy atom. The van der Waals surface area contributed by atoms with E-state index in [0.29, 0.717) is 17.7 Å². The maximum atomic E-state index is 12.1. The molecule has 6 heteroatoms. The maximum Gasteiger partial charge on any atom is 0.330 e. The molecule has 0 saturated carbocycles. The number of imidazole rings is 1. The molecule has 0 spiro atoms. The number of aromatic amines is 2. The van der Waals surface area contributed by atoms with Gasteiger partial charge in [0.15, 0.2) is 5.65 Å². The Hall–Kier alpha value is -1.85. The number of fused-ring (bicyclic) bond motifs is 1. The standard InChI is InChI=1S/C14H22N4O2/c1-2-3-4-5-6-7-8-9-18-13(19)11-12(16-10-15-11)17-14(18)20/h10H,2-9H2,1H3,(H,15,16)(H,17,20). The first kappa shape index (κ1) is 14.6. The third kappa shape index (κ3) is 3.37. The summed E-state index contributed by atoms with van der Waals surface area (Å²) in [6.45, 7) is 2.67. The zero-order valence-electron chi connectivity index (χ0n) is 11.9. The number of hydrogen-bond acceptors (Lipinski definition) is 3. The van der Waals surface area contributed by atoms with E-state index < -0.39 is 0 Å². The second-order valence-electron chi connectivity index (χ2n) is 5.13. The van der Waals surface area contributed by atoms with E-state index in [1.807, 2.05) is 0 Å². The summed E-state index contributed by atoms with van der Waals surface area (Å²) in [5.41, 5.74) is 0.0381. The van der Waals surface area contributed by atoms with E-state index in [4.69, 9.17) is 0 Å². The first-order chi connectivity index (χ1) is 9.74. The summed E-state index contributed by atoms with van der Waals surface area (Å²) in [5.74, 6) is 0. The van der Waals surface area contributed by atoms with E-state index in [0.717, 1.165) is 12.8 Å². The van der Waals surface area contributed by atoms with Crippen molar-refractivity contribution in [2.45, 2.75) is 58.4 Å². The third-order valence-corrected chi connectivity index (χ3v) is 3.55. The Balaban J connectivity index is 1.90. The summed E-state index contributed by atoms with van der Waals surface area (Å²) < 4.78 is 1.26. The highest BCUT2D eigenvalue weighted by molar-refractivity contribution is 5.67. The van der Waals surface area contributed by atoms with Gasteiger partial charge in [-0.15, -0.1) is 0 Å². The number of aromatic nitrogens is 4. The van der Waals surface area contributed by atoms with Crippen molar-refractivity contribution >= 4 is 11.2 Å². The number of nitrogens with one attached hydrogen (secondary N) is 2. The molecule has 2 N–H and O–H groups in total. The molecule has 0 radical (unpaired) electrons. The molecule has 6 nitrogen and oxygen atoms in total. The third-order valence-electron chi connectivity index (χ3n) is 3.55. The van der Waals surface area contributed by atoms with Gasteiger partial charge in [-0.2, -0.15) is 0 Å². The lowest BCUT2D eigenvalue weighted by atomic mass is 10.1. The fraction of sp³-hybridized carbons (Fsp3) is 0.643. The van der Waals surface area contributed by atoms with Crippen molar-refractivity contribution in [3.05, 3.63) is 27.2 Å². The topological polar surface area (TPSA) is 83.5 Å². The molecule has 20 heavy (non-hydrogen) atoms. The minimum atomic E-state index is -0.374. The Morgan fingerprint density at radius 3 is 2.55 bits per heavy atom. The van der Waals surface area contributed by atoms with E-state index >= 15 is 0 Å². The van der Waals surface area contributed by atoms with Crippen molar-refractivity contribution in [3.63, 3.8) is 0 Å². The van der Waals surface area contributed by atoms with Crippen LogP contribution in [-0.2, 0) is 6.54 Å². The number of H-pyrrole nitrogens is 2. The van der Waals surface area contributed by atoms with Gasteiger partial charge < -0.3 is 4.98 Å². The Labute approximate surface area is 117 Å². The van der Waals surface area contributed by atoms with Crippen molar-refractivity contribution in [1.29, 1.82) is 0 Å². The van der Waals surface area contributed by atoms with Gasteiger partial charge >= 0.3 is 5.69 Å². The van der Waals surface area contributed by atoms with Gasteiger partial charge in [0, 0.05) is 6.54 Å². The van der Waals surface area contributed by atoms with Crippen LogP contribution in [0.25, 0.3) is 11.2 Å². The van der Waals surface area contributed by atoms with Crippen LogP contribution in [0.3, 0.4) is 0 Å². The summed E-state index contributed by atoms with van der Waals surface area (Å²) in [6, 6.07) is 0. The highest BCUT2D eigenvalue weighted by Crippen LogP contribution is 2.07. The Bertz CT molecular complexity index is 653. The van der Waals surface area contributed by atoms with Gasteiger partial charge in [0.25, 0.3) is 5.56 Å². The zero-order valence-corrected chi connectivity index (χ0v) is 11.9. The van der Waals surface area contributed by atoms with Crippen molar-refractivity contribution in [2.24, 2.45) is 0 Å². The number of nitrogens with zero attached hydrogens (tertiary/aromatic N) is 2. The van der Waals surface area contributed by atoms with Crippen LogP contribution in [0.15, 0.2) is 15.9 Å². The smallest absolute Gasteiger partial charge is 0.330 e. The molecule has 0 aromatic carbocycles. The van der Waals surface area contributed by atoms with E-state index in [9.17, 15) is 9.59 Å². The minimum absolute atomic E-state index is 0.285. The predicted octanol–water partition coefficient (Wildman–Crippen LogP) is 2.16. The van der Waals surface area contributed by atoms with Crippen LogP contribution in [0.5, 0.6) is 0 Å². The van der Waals surface area contributed by atoms with Gasteiger partial charge in [0.2, 0.25) is 0 Å². The van der Waals surface area contributed by atoms with Crippen LogP contribution in [0, 0.1) is 0 Å². The number of rotatable bonds is 8. The summed E-state index contributed by atoms with van der Waals surface area (Å²) in [7, 11) is 0. The molecular formula is C14H22N4O2. The molecule has 2 heterocycles. The van der Waals surface area contributed by atoms with Gasteiger partial charge in [-0.1, -0.05) is 45.4 Å². The molecule has 0 fully saturated rings. The highest BCUT2D eigenvalue weighted by atomic mass is 16.2. The quantitative estimate of drug-likeness (QED) is 0.726. The molecule has 2 rings (SSSR count). The van der Waals surface area contributed by atoms with Crippen LogP contribution in [0.2, 0.25) is 0 Å². The van der Waals surface area contributed by atoms with Gasteiger partial charge in [-0.3, -0.25) is 14.3 Å². The molecule has 2 aromatic heterocycles. The Morgan fingerprint density at radius 2 is 1.80 bits per heavy atom. The van der Waals surface area contributed by atoms with Gasteiger partial charge in [0.05, 0.1) is 6.33 Å². The van der Waals surface area contributed by atoms with Crippen molar-refractivity contribution in [2.75, 3.05) is 0 Å². The fourth-order valence-corrected chi connectivity index (χ4v) is 2.38. The lowest BCUT2D eigenvalue weighted by Crippen LogP contribution is -2.35. The van der Waals surface area contributed by atoms with Crippen LogP contribution in [-0.4, -0.2) is 19.5 Å². The monoisotopic (exact) mass is 278 g/mol. The van der Waals surface area contributed by atoms with Crippen molar-refractivity contribution < 1.29 is 0 Å². The number of hydrogen-bond donors (Lipinski definition) is 2. The molecule has 0 bridgehead atoms. The average Bonchev–Trinajstić information content (AvgIpc) is 2.89. The van der Waals surface area contributed by atoms with E-state index in [1.54, 1.807) is 0 Å². The second kappa shape index (κ2) is 7.07. The first-order valence-electron chi connectivity index (χ1n) is 7.40. The lowest BCUT2D eigenvalue weighted by Gasteiger charge is -2.04. The molecule has 0 aliphatic carbocycles. The zero-order chi connectivity index (χ0) is 14.4. The van der Waals surface area contributed by atoms with Crippen LogP contribution in [0.4, 0.5) is 0 Å². The molecule has 110 valence electrons. The second-order valence-corrected chi connectivity index (χ2v) is 5.13. The normalized spacial score (nSPS) is 11.2. The van der Waals surface area contributed by atoms with E-state index in [-0.39, 0.29) is 11.2 Å². The molecule has 0 aliphatic heterocycles. The fourth-order valence-electron chi connectivity index (χ4n) is 2.38. The maximum absolute atomic E-state index is 12.1. The van der Waals surface area contributed by atoms with E-state index in [1.165, 1.54) is 43.0 Å². The van der Waals surface area contributed by atoms with E-state index in [2.05, 4.69) is 21.9 Å². The molecule has 0 saturated heterocycles. The van der Waals surface area contributed by atoms with Crippen molar-refractivity contribution in [3.8, 4) is 0 Å². The van der Waals surface area contributed by atoms with Crippen LogP contribution < -0.4 is 11.2 Å². The summed E-state index contributed by atoms with van der Waals surface area (Å²) in [5, 5.41) is 0. The van der Waals surface area contributed by atoms with Gasteiger partial charge in [-0.25, -0.2) is 9.78 Å². The summed E-state index contributed by atoms with van der Waals surface area (Å²) in [6.07, 6.45) is 9.53. The molecular weight excluding hydrogens is 256 g/mol. The van der Waals surface area contributed by atoms with Crippen LogP contribution in [0.1, 0.15) is 51.9 Å². The predicted molar refractivity (Wildman–Crippen MR) is 79.0 cm³/mol. The summed E-state index contributed by atoms with van der Waals surface area (Å²) >= 11 is 0. The van der Waals surface area contributed by atoms with Crippen LogP contribution >= 0.6 is 0 Å².